The first-order valence-electron chi connectivity index (χ1n) is 8.40. The maximum atomic E-state index is 11.5. The van der Waals surface area contributed by atoms with Crippen molar-refractivity contribution in [2.45, 2.75) is 24.0 Å². The van der Waals surface area contributed by atoms with Crippen LogP contribution in [0.1, 0.15) is 18.1 Å². The minimum Gasteiger partial charge on any atom is -0.381 e. The molecule has 1 atom stereocenters. The minimum atomic E-state index is -3.17. The zero-order valence-corrected chi connectivity index (χ0v) is 16.0. The van der Waals surface area contributed by atoms with Crippen molar-refractivity contribution in [1.82, 2.24) is 5.32 Å². The number of nitrogens with two attached hydrogens (primary N) is 2. The van der Waals surface area contributed by atoms with Crippen molar-refractivity contribution in [3.8, 4) is 0 Å². The van der Waals surface area contributed by atoms with Gasteiger partial charge in [-0.2, -0.15) is 0 Å². The second-order valence-electron chi connectivity index (χ2n) is 6.69. The molecule has 7 nitrogen and oxygen atoms in total. The van der Waals surface area contributed by atoms with E-state index in [0.29, 0.717) is 17.4 Å². The molecule has 0 aromatic heterocycles. The maximum Gasteiger partial charge on any atom is 0.194 e. The van der Waals surface area contributed by atoms with Crippen LogP contribution in [-0.4, -0.2) is 26.3 Å². The lowest BCUT2D eigenvalue weighted by atomic mass is 9.95. The molecule has 0 amide bonds. The van der Waals surface area contributed by atoms with Gasteiger partial charge in [0.15, 0.2) is 15.8 Å². The monoisotopic (exact) mass is 385 g/mol. The highest BCUT2D eigenvalue weighted by molar-refractivity contribution is 7.90. The number of sulfone groups is 1. The molecule has 0 spiro atoms. The number of anilines is 1. The van der Waals surface area contributed by atoms with Crippen LogP contribution in [0.4, 0.5) is 5.69 Å². The Hall–Kier alpha value is -2.84. The quantitative estimate of drug-likeness (QED) is 0.620. The largest absolute Gasteiger partial charge is 0.381 e. The van der Waals surface area contributed by atoms with Gasteiger partial charge >= 0.3 is 0 Å². The Balaban J connectivity index is 1.66. The molecule has 0 radical (unpaired) electrons. The van der Waals surface area contributed by atoms with Gasteiger partial charge in [0.05, 0.1) is 4.90 Å². The summed E-state index contributed by atoms with van der Waals surface area (Å²) in [6, 6.07) is 14.7. The molecule has 2 aromatic carbocycles. The first-order chi connectivity index (χ1) is 12.6. The van der Waals surface area contributed by atoms with E-state index in [0.717, 1.165) is 22.4 Å². The van der Waals surface area contributed by atoms with Crippen LogP contribution in [-0.2, 0) is 16.4 Å². The molecule has 142 valence electrons. The standard InChI is InChI=1S/C19H23N5O2S/c1-19(21)17(12-23-18(20)24-19)14-5-7-15(8-6-14)22-11-13-3-9-16(10-4-13)27(2,25)26/h3-10,12,22H,11,21H2,1-2H3,(H3,20,23,24). The van der Waals surface area contributed by atoms with Crippen LogP contribution in [0.3, 0.4) is 0 Å². The van der Waals surface area contributed by atoms with Gasteiger partial charge in [-0.25, -0.2) is 13.4 Å². The fourth-order valence-corrected chi connectivity index (χ4v) is 3.47. The summed E-state index contributed by atoms with van der Waals surface area (Å²) in [4.78, 5) is 4.55. The number of hydrogen-bond acceptors (Lipinski definition) is 7. The Morgan fingerprint density at radius 2 is 1.74 bits per heavy atom. The molecule has 1 heterocycles. The summed E-state index contributed by atoms with van der Waals surface area (Å²) in [5, 5.41) is 6.20. The molecule has 0 fully saturated rings. The highest BCUT2D eigenvalue weighted by Crippen LogP contribution is 2.28. The second-order valence-corrected chi connectivity index (χ2v) is 8.71. The third-order valence-corrected chi connectivity index (χ3v) is 5.43. The van der Waals surface area contributed by atoms with Crippen molar-refractivity contribution in [2.75, 3.05) is 11.6 Å². The molecular formula is C19H23N5O2S. The van der Waals surface area contributed by atoms with Gasteiger partial charge in [0, 0.05) is 30.3 Å². The molecular weight excluding hydrogens is 362 g/mol. The summed E-state index contributed by atoms with van der Waals surface area (Å²) < 4.78 is 23.0. The number of guanidine groups is 1. The van der Waals surface area contributed by atoms with E-state index >= 15 is 0 Å². The minimum absolute atomic E-state index is 0.295. The summed E-state index contributed by atoms with van der Waals surface area (Å²) in [5.41, 5.74) is 14.7. The molecule has 1 unspecified atom stereocenters. The van der Waals surface area contributed by atoms with Crippen LogP contribution < -0.4 is 22.1 Å². The van der Waals surface area contributed by atoms with Crippen molar-refractivity contribution in [3.05, 3.63) is 65.9 Å². The van der Waals surface area contributed by atoms with Crippen molar-refractivity contribution < 1.29 is 8.42 Å². The van der Waals surface area contributed by atoms with Crippen LogP contribution in [0.15, 0.2) is 64.6 Å². The topological polar surface area (TPSA) is 123 Å². The van der Waals surface area contributed by atoms with Gasteiger partial charge in [-0.15, -0.1) is 0 Å². The van der Waals surface area contributed by atoms with Crippen LogP contribution in [0, 0.1) is 0 Å². The van der Waals surface area contributed by atoms with Crippen molar-refractivity contribution >= 4 is 27.1 Å². The van der Waals surface area contributed by atoms with E-state index < -0.39 is 15.5 Å². The lowest BCUT2D eigenvalue weighted by Gasteiger charge is -2.28. The van der Waals surface area contributed by atoms with E-state index in [1.54, 1.807) is 37.4 Å². The molecule has 0 saturated heterocycles. The fourth-order valence-electron chi connectivity index (χ4n) is 2.84. The molecule has 6 N–H and O–H groups in total. The number of hydrogen-bond donors (Lipinski definition) is 4. The number of aliphatic imine (C=N–C) groups is 1. The van der Waals surface area contributed by atoms with Crippen LogP contribution in [0.2, 0.25) is 0 Å². The van der Waals surface area contributed by atoms with Crippen LogP contribution >= 0.6 is 0 Å². The van der Waals surface area contributed by atoms with E-state index in [4.69, 9.17) is 11.5 Å². The molecule has 1 aliphatic heterocycles. The first-order valence-corrected chi connectivity index (χ1v) is 10.3. The van der Waals surface area contributed by atoms with Gasteiger partial charge in [0.1, 0.15) is 5.66 Å². The molecule has 8 heteroatoms. The Morgan fingerprint density at radius 1 is 1.11 bits per heavy atom. The van der Waals surface area contributed by atoms with E-state index in [9.17, 15) is 8.42 Å². The Morgan fingerprint density at radius 3 is 2.30 bits per heavy atom. The van der Waals surface area contributed by atoms with E-state index in [-0.39, 0.29) is 0 Å². The third-order valence-electron chi connectivity index (χ3n) is 4.31. The first kappa shape index (κ1) is 18.9. The Kier molecular flexibility index (Phi) is 4.95. The number of rotatable bonds is 5. The van der Waals surface area contributed by atoms with E-state index in [2.05, 4.69) is 15.6 Å². The maximum absolute atomic E-state index is 11.5. The van der Waals surface area contributed by atoms with Gasteiger partial charge in [-0.3, -0.25) is 0 Å². The van der Waals surface area contributed by atoms with Gasteiger partial charge in [0.2, 0.25) is 0 Å². The average molecular weight is 385 g/mol. The Labute approximate surface area is 159 Å². The predicted octanol–water partition coefficient (Wildman–Crippen LogP) is 1.64. The molecule has 3 rings (SSSR count). The average Bonchev–Trinajstić information content (AvgIpc) is 2.59. The van der Waals surface area contributed by atoms with Gasteiger partial charge in [0.25, 0.3) is 0 Å². The summed E-state index contributed by atoms with van der Waals surface area (Å²) >= 11 is 0. The van der Waals surface area contributed by atoms with Crippen molar-refractivity contribution in [2.24, 2.45) is 16.5 Å². The number of nitrogens with one attached hydrogen (secondary N) is 2. The highest BCUT2D eigenvalue weighted by Gasteiger charge is 2.27. The molecule has 2 aromatic rings. The SMILES string of the molecule is CC1(N)N=C(N)NC=C1c1ccc(NCc2ccc(S(C)(=O)=O)cc2)cc1. The molecule has 0 aliphatic carbocycles. The van der Waals surface area contributed by atoms with Crippen molar-refractivity contribution in [1.29, 1.82) is 0 Å². The second kappa shape index (κ2) is 7.05. The van der Waals surface area contributed by atoms with Gasteiger partial charge < -0.3 is 22.1 Å². The molecule has 0 bridgehead atoms. The summed E-state index contributed by atoms with van der Waals surface area (Å²) in [6.07, 6.45) is 2.97. The van der Waals surface area contributed by atoms with Gasteiger partial charge in [-0.1, -0.05) is 24.3 Å². The predicted molar refractivity (Wildman–Crippen MR) is 109 cm³/mol. The van der Waals surface area contributed by atoms with Crippen molar-refractivity contribution in [3.63, 3.8) is 0 Å². The number of benzene rings is 2. The fraction of sp³-hybridized carbons (Fsp3) is 0.211. The van der Waals surface area contributed by atoms with Gasteiger partial charge in [-0.05, 0) is 42.3 Å². The highest BCUT2D eigenvalue weighted by atomic mass is 32.2. The lowest BCUT2D eigenvalue weighted by molar-refractivity contribution is 0.602. The zero-order valence-electron chi connectivity index (χ0n) is 15.2. The molecule has 0 saturated carbocycles. The third kappa shape index (κ3) is 4.47. The van der Waals surface area contributed by atoms with E-state index in [1.807, 2.05) is 24.3 Å². The summed E-state index contributed by atoms with van der Waals surface area (Å²) in [5.74, 6) is 0.295. The van der Waals surface area contributed by atoms with Crippen LogP contribution in [0.25, 0.3) is 5.57 Å². The smallest absolute Gasteiger partial charge is 0.194 e. The summed E-state index contributed by atoms with van der Waals surface area (Å²) in [6.45, 7) is 2.39. The molecule has 27 heavy (non-hydrogen) atoms. The number of nitrogens with zero attached hydrogens (tertiary/aromatic N) is 1. The summed E-state index contributed by atoms with van der Waals surface area (Å²) in [7, 11) is -3.17. The van der Waals surface area contributed by atoms with Crippen LogP contribution in [0.5, 0.6) is 0 Å². The lowest BCUT2D eigenvalue weighted by Crippen LogP contribution is -2.45. The zero-order chi connectivity index (χ0) is 19.7. The van der Waals surface area contributed by atoms with E-state index in [1.165, 1.54) is 6.26 Å². The normalized spacial score (nSPS) is 19.7. The molecule has 1 aliphatic rings. The Bertz CT molecular complexity index is 991.